The zero-order valence-electron chi connectivity index (χ0n) is 13.4. The Morgan fingerprint density at radius 1 is 0.905 bits per heavy atom. The molecule has 0 heterocycles. The van der Waals surface area contributed by atoms with Crippen molar-refractivity contribution in [1.82, 2.24) is 10.2 Å². The highest BCUT2D eigenvalue weighted by Gasteiger charge is 2.48. The molecule has 0 atom stereocenters. The Balaban J connectivity index is 1.38. The fraction of sp³-hybridized carbons (Fsp3) is 0.944. The van der Waals surface area contributed by atoms with Crippen LogP contribution in [0.15, 0.2) is 0 Å². The van der Waals surface area contributed by atoms with Crippen LogP contribution in [0, 0.1) is 23.7 Å². The van der Waals surface area contributed by atoms with Crippen LogP contribution in [-0.4, -0.2) is 30.1 Å². The van der Waals surface area contributed by atoms with Crippen LogP contribution in [0.5, 0.6) is 0 Å². The maximum atomic E-state index is 12.6. The molecule has 0 aromatic carbocycles. The Labute approximate surface area is 128 Å². The van der Waals surface area contributed by atoms with E-state index in [4.69, 9.17) is 0 Å². The number of carbonyl (C=O) groups excluding carboxylic acids is 1. The van der Waals surface area contributed by atoms with E-state index < -0.39 is 0 Å². The fourth-order valence-corrected chi connectivity index (χ4v) is 6.04. The summed E-state index contributed by atoms with van der Waals surface area (Å²) >= 11 is 0. The lowest BCUT2D eigenvalue weighted by Crippen LogP contribution is -2.58. The van der Waals surface area contributed by atoms with Crippen molar-refractivity contribution in [2.45, 2.75) is 76.3 Å². The van der Waals surface area contributed by atoms with Crippen LogP contribution < -0.4 is 5.32 Å². The molecule has 1 N–H and O–H groups in total. The van der Waals surface area contributed by atoms with Crippen molar-refractivity contribution in [3.63, 3.8) is 0 Å². The van der Waals surface area contributed by atoms with Crippen molar-refractivity contribution in [2.24, 2.45) is 23.7 Å². The standard InChI is InChI=1S/C18H30N2O/c1-20(16-5-3-2-4-6-16)18(21)19-17-14-8-12-7-13(10-14)11-15(17)9-12/h12-17H,2-11H2,1H3,(H,19,21). The van der Waals surface area contributed by atoms with Crippen LogP contribution in [0.4, 0.5) is 4.79 Å². The first-order chi connectivity index (χ1) is 10.2. The number of carbonyl (C=O) groups is 1. The summed E-state index contributed by atoms with van der Waals surface area (Å²) in [6, 6.07) is 1.17. The molecular weight excluding hydrogens is 260 g/mol. The first kappa shape index (κ1) is 13.9. The van der Waals surface area contributed by atoms with Crippen LogP contribution in [0.1, 0.15) is 64.2 Å². The number of nitrogens with zero attached hydrogens (tertiary/aromatic N) is 1. The Morgan fingerprint density at radius 2 is 1.48 bits per heavy atom. The van der Waals surface area contributed by atoms with E-state index >= 15 is 0 Å². The van der Waals surface area contributed by atoms with Gasteiger partial charge in [0, 0.05) is 19.1 Å². The van der Waals surface area contributed by atoms with Gasteiger partial charge in [0.05, 0.1) is 0 Å². The van der Waals surface area contributed by atoms with Crippen LogP contribution >= 0.6 is 0 Å². The predicted octanol–water partition coefficient (Wildman–Crippen LogP) is 3.79. The molecule has 3 nitrogen and oxygen atoms in total. The Bertz CT molecular complexity index is 374. The van der Waals surface area contributed by atoms with E-state index in [1.807, 2.05) is 11.9 Å². The Hall–Kier alpha value is -0.730. The molecule has 118 valence electrons. The number of hydrogen-bond donors (Lipinski definition) is 1. The van der Waals surface area contributed by atoms with E-state index in [1.165, 1.54) is 64.2 Å². The molecule has 5 saturated carbocycles. The van der Waals surface area contributed by atoms with E-state index in [0.717, 1.165) is 23.7 Å². The van der Waals surface area contributed by atoms with Crippen molar-refractivity contribution in [1.29, 1.82) is 0 Å². The first-order valence-electron chi connectivity index (χ1n) is 9.24. The van der Waals surface area contributed by atoms with Gasteiger partial charge >= 0.3 is 6.03 Å². The third kappa shape index (κ3) is 2.57. The molecule has 0 spiro atoms. The molecule has 5 aliphatic carbocycles. The SMILES string of the molecule is CN(C(=O)NC1C2CC3CC(C2)CC1C3)C1CCCCC1. The molecule has 0 saturated heterocycles. The molecule has 5 aliphatic rings. The summed E-state index contributed by atoms with van der Waals surface area (Å²) in [6.45, 7) is 0. The predicted molar refractivity (Wildman–Crippen MR) is 84.0 cm³/mol. The van der Waals surface area contributed by atoms with Crippen LogP contribution in [0.2, 0.25) is 0 Å². The third-order valence-corrected chi connectivity index (χ3v) is 6.96. The monoisotopic (exact) mass is 290 g/mol. The second-order valence-corrected chi connectivity index (χ2v) is 8.31. The van der Waals surface area contributed by atoms with Gasteiger partial charge in [0.2, 0.25) is 0 Å². The number of urea groups is 1. The van der Waals surface area contributed by atoms with Gasteiger partial charge in [0.25, 0.3) is 0 Å². The molecule has 0 radical (unpaired) electrons. The van der Waals surface area contributed by atoms with Gasteiger partial charge in [-0.1, -0.05) is 19.3 Å². The molecule has 0 unspecified atom stereocenters. The highest BCUT2D eigenvalue weighted by Crippen LogP contribution is 2.53. The topological polar surface area (TPSA) is 32.3 Å². The first-order valence-corrected chi connectivity index (χ1v) is 9.24. The van der Waals surface area contributed by atoms with Crippen molar-refractivity contribution in [3.05, 3.63) is 0 Å². The second-order valence-electron chi connectivity index (χ2n) is 8.31. The lowest BCUT2D eigenvalue weighted by molar-refractivity contribution is -0.0113. The van der Waals surface area contributed by atoms with E-state index in [-0.39, 0.29) is 6.03 Å². The minimum absolute atomic E-state index is 0.208. The van der Waals surface area contributed by atoms with Gasteiger partial charge in [-0.3, -0.25) is 0 Å². The Morgan fingerprint density at radius 3 is 2.05 bits per heavy atom. The fourth-order valence-electron chi connectivity index (χ4n) is 6.04. The van der Waals surface area contributed by atoms with Crippen molar-refractivity contribution in [2.75, 3.05) is 7.05 Å². The largest absolute Gasteiger partial charge is 0.335 e. The molecule has 21 heavy (non-hydrogen) atoms. The third-order valence-electron chi connectivity index (χ3n) is 6.96. The van der Waals surface area contributed by atoms with Crippen LogP contribution in [0.25, 0.3) is 0 Å². The smallest absolute Gasteiger partial charge is 0.317 e. The molecule has 5 fully saturated rings. The summed E-state index contributed by atoms with van der Waals surface area (Å²) in [5.41, 5.74) is 0. The summed E-state index contributed by atoms with van der Waals surface area (Å²) < 4.78 is 0. The molecule has 0 aromatic heterocycles. The quantitative estimate of drug-likeness (QED) is 0.824. The van der Waals surface area contributed by atoms with Crippen molar-refractivity contribution < 1.29 is 4.79 Å². The molecule has 5 rings (SSSR count). The van der Waals surface area contributed by atoms with Crippen LogP contribution in [0.3, 0.4) is 0 Å². The van der Waals surface area contributed by atoms with Crippen molar-refractivity contribution in [3.8, 4) is 0 Å². The normalized spacial score (nSPS) is 42.0. The highest BCUT2D eigenvalue weighted by molar-refractivity contribution is 5.74. The van der Waals surface area contributed by atoms with Gasteiger partial charge < -0.3 is 10.2 Å². The zero-order valence-corrected chi connectivity index (χ0v) is 13.4. The van der Waals surface area contributed by atoms with Crippen LogP contribution in [-0.2, 0) is 0 Å². The summed E-state index contributed by atoms with van der Waals surface area (Å²) in [7, 11) is 2.02. The van der Waals surface area contributed by atoms with E-state index in [0.29, 0.717) is 12.1 Å². The molecule has 0 aromatic rings. The van der Waals surface area contributed by atoms with Gasteiger partial charge in [0.1, 0.15) is 0 Å². The number of rotatable bonds is 2. The molecule has 2 amide bonds. The maximum Gasteiger partial charge on any atom is 0.317 e. The summed E-state index contributed by atoms with van der Waals surface area (Å²) in [5, 5.41) is 3.45. The zero-order chi connectivity index (χ0) is 14.4. The summed E-state index contributed by atoms with van der Waals surface area (Å²) in [5.74, 6) is 3.53. The lowest BCUT2D eigenvalue weighted by Gasteiger charge is -2.54. The van der Waals surface area contributed by atoms with Gasteiger partial charge in [-0.25, -0.2) is 4.79 Å². The number of nitrogens with one attached hydrogen (secondary N) is 1. The number of hydrogen-bond acceptors (Lipinski definition) is 1. The molecule has 0 aliphatic heterocycles. The van der Waals surface area contributed by atoms with E-state index in [9.17, 15) is 4.79 Å². The maximum absolute atomic E-state index is 12.6. The average molecular weight is 290 g/mol. The minimum atomic E-state index is 0.208. The second kappa shape index (κ2) is 5.48. The van der Waals surface area contributed by atoms with E-state index in [1.54, 1.807) is 0 Å². The van der Waals surface area contributed by atoms with Gasteiger partial charge in [-0.05, 0) is 68.6 Å². The summed E-state index contributed by atoms with van der Waals surface area (Å²) in [6.07, 6.45) is 13.3. The highest BCUT2D eigenvalue weighted by atomic mass is 16.2. The average Bonchev–Trinajstić information content (AvgIpc) is 2.50. The molecular formula is C18H30N2O. The van der Waals surface area contributed by atoms with Gasteiger partial charge in [0.15, 0.2) is 0 Å². The Kier molecular flexibility index (Phi) is 3.63. The molecule has 4 bridgehead atoms. The number of amides is 2. The van der Waals surface area contributed by atoms with Gasteiger partial charge in [-0.15, -0.1) is 0 Å². The molecule has 3 heteroatoms. The van der Waals surface area contributed by atoms with E-state index in [2.05, 4.69) is 5.32 Å². The van der Waals surface area contributed by atoms with Crippen molar-refractivity contribution >= 4 is 6.03 Å². The summed E-state index contributed by atoms with van der Waals surface area (Å²) in [4.78, 5) is 14.7. The van der Waals surface area contributed by atoms with Gasteiger partial charge in [-0.2, -0.15) is 0 Å². The lowest BCUT2D eigenvalue weighted by atomic mass is 9.54. The minimum Gasteiger partial charge on any atom is -0.335 e.